The van der Waals surface area contributed by atoms with Gasteiger partial charge in [-0.2, -0.15) is 0 Å². The highest BCUT2D eigenvalue weighted by atomic mass is 19.3. The Morgan fingerprint density at radius 3 is 2.40 bits per heavy atom. The van der Waals surface area contributed by atoms with Crippen molar-refractivity contribution in [2.24, 2.45) is 16.8 Å². The molecule has 3 N–H and O–H groups in total. The van der Waals surface area contributed by atoms with Crippen molar-refractivity contribution in [2.75, 3.05) is 19.6 Å². The molecule has 0 saturated heterocycles. The molecule has 15 heavy (non-hydrogen) atoms. The van der Waals surface area contributed by atoms with E-state index in [0.29, 0.717) is 25.4 Å². The van der Waals surface area contributed by atoms with Gasteiger partial charge in [0.2, 0.25) is 0 Å². The zero-order valence-electron chi connectivity index (χ0n) is 9.16. The van der Waals surface area contributed by atoms with Crippen LogP contribution in [-0.2, 0) is 0 Å². The fraction of sp³-hybridized carbons (Fsp3) is 0.889. The molecule has 0 bridgehead atoms. The molecular formula is C9H19F2N3O. The average molecular weight is 223 g/mol. The van der Waals surface area contributed by atoms with E-state index >= 15 is 0 Å². The van der Waals surface area contributed by atoms with E-state index in [1.54, 1.807) is 4.90 Å². The number of nitrogens with two attached hydrogens (primary N) is 1. The molecule has 0 aliphatic heterocycles. The molecule has 0 aliphatic carbocycles. The first-order valence-electron chi connectivity index (χ1n) is 4.92. The minimum absolute atomic E-state index is 0.0676. The summed E-state index contributed by atoms with van der Waals surface area (Å²) in [5.74, 6) is 0.383. The minimum Gasteiger partial charge on any atom is -0.409 e. The molecule has 0 fully saturated rings. The van der Waals surface area contributed by atoms with Gasteiger partial charge in [0.1, 0.15) is 5.84 Å². The van der Waals surface area contributed by atoms with Crippen LogP contribution in [-0.4, -0.2) is 42.0 Å². The third-order valence-electron chi connectivity index (χ3n) is 1.83. The van der Waals surface area contributed by atoms with Crippen LogP contribution in [0.4, 0.5) is 8.78 Å². The summed E-state index contributed by atoms with van der Waals surface area (Å²) >= 11 is 0. The molecule has 0 aromatic carbocycles. The maximum Gasteiger partial charge on any atom is 0.251 e. The lowest BCUT2D eigenvalue weighted by Gasteiger charge is -2.23. The zero-order valence-corrected chi connectivity index (χ0v) is 9.16. The highest BCUT2D eigenvalue weighted by Gasteiger charge is 2.13. The number of amidine groups is 1. The highest BCUT2D eigenvalue weighted by Crippen LogP contribution is 2.04. The molecule has 0 amide bonds. The van der Waals surface area contributed by atoms with E-state index in [1.807, 2.05) is 13.8 Å². The smallest absolute Gasteiger partial charge is 0.251 e. The molecule has 0 radical (unpaired) electrons. The third-order valence-corrected chi connectivity index (χ3v) is 1.83. The van der Waals surface area contributed by atoms with Crippen molar-refractivity contribution >= 4 is 5.84 Å². The molecule has 6 heteroatoms. The maximum atomic E-state index is 12.2. The predicted octanol–water partition coefficient (Wildman–Crippen LogP) is 1.35. The van der Waals surface area contributed by atoms with E-state index < -0.39 is 6.43 Å². The van der Waals surface area contributed by atoms with Gasteiger partial charge in [0, 0.05) is 19.5 Å². The molecule has 0 unspecified atom stereocenters. The third kappa shape index (κ3) is 8.11. The number of hydrogen-bond acceptors (Lipinski definition) is 3. The van der Waals surface area contributed by atoms with E-state index in [4.69, 9.17) is 10.9 Å². The lowest BCUT2D eigenvalue weighted by atomic mass is 10.2. The standard InChI is InChI=1S/C9H19F2N3O/c1-7(2)5-14(6-8(10)11)4-3-9(12)13-15/h7-8,15H,3-6H2,1-2H3,(H2,12,13). The van der Waals surface area contributed by atoms with Gasteiger partial charge in [-0.15, -0.1) is 0 Å². The molecule has 90 valence electrons. The Kier molecular flexibility index (Phi) is 6.94. The van der Waals surface area contributed by atoms with Crippen molar-refractivity contribution < 1.29 is 14.0 Å². The second kappa shape index (κ2) is 7.39. The first-order valence-corrected chi connectivity index (χ1v) is 4.92. The lowest BCUT2D eigenvalue weighted by Crippen LogP contribution is -2.35. The summed E-state index contributed by atoms with van der Waals surface area (Å²) in [6.07, 6.45) is -2.05. The van der Waals surface area contributed by atoms with Gasteiger partial charge in [-0.3, -0.25) is 4.90 Å². The van der Waals surface area contributed by atoms with E-state index in [9.17, 15) is 8.78 Å². The maximum absolute atomic E-state index is 12.2. The zero-order chi connectivity index (χ0) is 11.8. The Morgan fingerprint density at radius 1 is 1.40 bits per heavy atom. The van der Waals surface area contributed by atoms with Crippen molar-refractivity contribution in [3.05, 3.63) is 0 Å². The van der Waals surface area contributed by atoms with Gasteiger partial charge in [0.05, 0.1) is 6.54 Å². The van der Waals surface area contributed by atoms with Crippen LogP contribution in [0.5, 0.6) is 0 Å². The highest BCUT2D eigenvalue weighted by molar-refractivity contribution is 5.79. The van der Waals surface area contributed by atoms with Gasteiger partial charge in [-0.1, -0.05) is 19.0 Å². The second-order valence-electron chi connectivity index (χ2n) is 3.89. The lowest BCUT2D eigenvalue weighted by molar-refractivity contribution is 0.0837. The first kappa shape index (κ1) is 14.1. The number of oxime groups is 1. The fourth-order valence-electron chi connectivity index (χ4n) is 1.29. The largest absolute Gasteiger partial charge is 0.409 e. The van der Waals surface area contributed by atoms with Crippen LogP contribution in [0.2, 0.25) is 0 Å². The van der Waals surface area contributed by atoms with Crippen LogP contribution in [0.1, 0.15) is 20.3 Å². The van der Waals surface area contributed by atoms with Gasteiger partial charge in [-0.05, 0) is 5.92 Å². The summed E-state index contributed by atoms with van der Waals surface area (Å²) in [6.45, 7) is 4.63. The number of rotatable bonds is 7. The Hall–Kier alpha value is -0.910. The van der Waals surface area contributed by atoms with Crippen LogP contribution in [0.25, 0.3) is 0 Å². The van der Waals surface area contributed by atoms with Crippen LogP contribution < -0.4 is 5.73 Å². The summed E-state index contributed by atoms with van der Waals surface area (Å²) in [5.41, 5.74) is 5.27. The van der Waals surface area contributed by atoms with E-state index in [0.717, 1.165) is 0 Å². The van der Waals surface area contributed by atoms with Gasteiger partial charge in [0.15, 0.2) is 0 Å². The molecule has 4 nitrogen and oxygen atoms in total. The molecule has 0 saturated carbocycles. The number of halogens is 2. The minimum atomic E-state index is -2.35. The topological polar surface area (TPSA) is 61.8 Å². The monoisotopic (exact) mass is 223 g/mol. The van der Waals surface area contributed by atoms with Crippen molar-refractivity contribution in [3.63, 3.8) is 0 Å². The first-order chi connectivity index (χ1) is 6.95. The Balaban J connectivity index is 4.00. The molecule has 0 spiro atoms. The molecule has 0 aliphatic rings. The van der Waals surface area contributed by atoms with E-state index in [1.165, 1.54) is 0 Å². The molecule has 0 heterocycles. The summed E-state index contributed by atoms with van der Waals surface area (Å²) < 4.78 is 24.4. The van der Waals surface area contributed by atoms with Crippen molar-refractivity contribution in [2.45, 2.75) is 26.7 Å². The second-order valence-corrected chi connectivity index (χ2v) is 3.89. The van der Waals surface area contributed by atoms with Gasteiger partial charge < -0.3 is 10.9 Å². The molecule has 0 atom stereocenters. The SMILES string of the molecule is CC(C)CN(CCC(N)=NO)CC(F)F. The number of alkyl halides is 2. The Morgan fingerprint density at radius 2 is 2.00 bits per heavy atom. The Labute approximate surface area is 88.7 Å². The quantitative estimate of drug-likeness (QED) is 0.296. The van der Waals surface area contributed by atoms with Gasteiger partial charge in [-0.25, -0.2) is 8.78 Å². The van der Waals surface area contributed by atoms with Crippen molar-refractivity contribution in [3.8, 4) is 0 Å². The molecule has 0 rings (SSSR count). The fourth-order valence-corrected chi connectivity index (χ4v) is 1.29. The van der Waals surface area contributed by atoms with Crippen LogP contribution in [0.3, 0.4) is 0 Å². The van der Waals surface area contributed by atoms with Crippen LogP contribution in [0, 0.1) is 5.92 Å². The number of nitrogens with zero attached hydrogens (tertiary/aromatic N) is 2. The summed E-state index contributed by atoms with van der Waals surface area (Å²) in [7, 11) is 0. The average Bonchev–Trinajstić information content (AvgIpc) is 2.11. The molecule has 0 aromatic heterocycles. The van der Waals surface area contributed by atoms with E-state index in [-0.39, 0.29) is 12.4 Å². The Bertz CT molecular complexity index is 188. The van der Waals surface area contributed by atoms with Gasteiger partial charge in [0.25, 0.3) is 6.43 Å². The van der Waals surface area contributed by atoms with Gasteiger partial charge >= 0.3 is 0 Å². The summed E-state index contributed by atoms with van der Waals surface area (Å²) in [5, 5.41) is 11.1. The summed E-state index contributed by atoms with van der Waals surface area (Å²) in [6, 6.07) is 0. The summed E-state index contributed by atoms with van der Waals surface area (Å²) in [4.78, 5) is 1.62. The normalized spacial score (nSPS) is 13.1. The van der Waals surface area contributed by atoms with Crippen LogP contribution >= 0.6 is 0 Å². The van der Waals surface area contributed by atoms with Crippen molar-refractivity contribution in [1.29, 1.82) is 0 Å². The molecule has 0 aromatic rings. The van der Waals surface area contributed by atoms with E-state index in [2.05, 4.69) is 5.16 Å². The van der Waals surface area contributed by atoms with Crippen LogP contribution in [0.15, 0.2) is 5.16 Å². The molecular weight excluding hydrogens is 204 g/mol. The number of hydrogen-bond donors (Lipinski definition) is 2. The predicted molar refractivity (Wildman–Crippen MR) is 55.3 cm³/mol. The van der Waals surface area contributed by atoms with Crippen molar-refractivity contribution in [1.82, 2.24) is 4.90 Å².